The number of nitrogens with one attached hydrogen (secondary N) is 2. The van der Waals surface area contributed by atoms with E-state index >= 15 is 0 Å². The number of imide groups is 1. The van der Waals surface area contributed by atoms with Crippen LogP contribution in [0.4, 0.5) is 33.9 Å². The van der Waals surface area contributed by atoms with Gasteiger partial charge in [0.25, 0.3) is 0 Å². The maximum absolute atomic E-state index is 12.2. The number of pyridine rings is 1. The van der Waals surface area contributed by atoms with Gasteiger partial charge >= 0.3 is 6.03 Å². The number of rotatable bonds is 9. The van der Waals surface area contributed by atoms with E-state index in [1.165, 1.54) is 5.56 Å². The molecule has 0 radical (unpaired) electrons. The molecule has 0 bridgehead atoms. The summed E-state index contributed by atoms with van der Waals surface area (Å²) in [6.07, 6.45) is 6.25. The zero-order valence-corrected chi connectivity index (χ0v) is 27.8. The van der Waals surface area contributed by atoms with E-state index < -0.39 is 0 Å². The van der Waals surface area contributed by atoms with Crippen molar-refractivity contribution >= 4 is 51.9 Å². The van der Waals surface area contributed by atoms with Crippen molar-refractivity contribution in [1.82, 2.24) is 34.9 Å². The summed E-state index contributed by atoms with van der Waals surface area (Å²) < 4.78 is 7.59. The van der Waals surface area contributed by atoms with Crippen molar-refractivity contribution in [3.05, 3.63) is 54.4 Å². The molecule has 1 aromatic carbocycles. The monoisotopic (exact) mass is 653 g/mol. The Hall–Kier alpha value is -4.82. The molecule has 252 valence electrons. The maximum Gasteiger partial charge on any atom is 0.328 e. The van der Waals surface area contributed by atoms with Crippen LogP contribution in [0.2, 0.25) is 0 Å². The number of fused-ring (bicyclic) bond motifs is 1. The molecule has 3 aromatic heterocycles. The Kier molecular flexibility index (Phi) is 9.08. The lowest BCUT2D eigenvalue weighted by molar-refractivity contribution is -0.120. The molecular weight excluding hydrogens is 610 g/mol. The number of carbonyl (C=O) groups excluding carboxylic acids is 2. The lowest BCUT2D eigenvalue weighted by atomic mass is 10.1. The van der Waals surface area contributed by atoms with E-state index in [-0.39, 0.29) is 18.0 Å². The lowest BCUT2D eigenvalue weighted by Gasteiger charge is -2.35. The predicted octanol–water partition coefficient (Wildman–Crippen LogP) is 3.93. The predicted molar refractivity (Wildman–Crippen MR) is 185 cm³/mol. The Balaban J connectivity index is 0.997. The molecule has 3 amide bonds. The number of piperidine rings is 1. The smallest absolute Gasteiger partial charge is 0.328 e. The standard InChI is InChI=1S/C34H43N11O3/c1-23(2)45-28-20-30(37-29-8-12-35-33(38-29)43-13-9-26(48-3)10-14-43)36-21-27(28)32(40-45)42-18-16-41(17-19-42)22-24-4-6-25(7-5-24)44-15-11-31(46)39-34(44)47/h4-8,12,20-21,23,26H,9-11,13-19,22H2,1-3H3,(H,39,46,47)(H,35,36,37,38). The number of ether oxygens (including phenoxy) is 1. The number of benzene rings is 1. The van der Waals surface area contributed by atoms with Crippen molar-refractivity contribution in [3.8, 4) is 0 Å². The Bertz CT molecular complexity index is 1760. The fourth-order valence-corrected chi connectivity index (χ4v) is 6.67. The van der Waals surface area contributed by atoms with Gasteiger partial charge in [0.2, 0.25) is 11.9 Å². The van der Waals surface area contributed by atoms with Crippen molar-refractivity contribution in [1.29, 1.82) is 0 Å². The molecule has 3 saturated heterocycles. The molecule has 3 aliphatic heterocycles. The molecule has 14 heteroatoms. The number of hydrogen-bond donors (Lipinski definition) is 2. The van der Waals surface area contributed by atoms with Gasteiger partial charge in [-0.2, -0.15) is 10.1 Å². The number of aromatic nitrogens is 5. The average molecular weight is 654 g/mol. The minimum absolute atomic E-state index is 0.179. The fraction of sp³-hybridized carbons (Fsp3) is 0.471. The minimum atomic E-state index is -0.362. The fourth-order valence-electron chi connectivity index (χ4n) is 6.67. The highest BCUT2D eigenvalue weighted by Crippen LogP contribution is 2.31. The summed E-state index contributed by atoms with van der Waals surface area (Å²) in [6, 6.07) is 11.8. The zero-order chi connectivity index (χ0) is 33.2. The average Bonchev–Trinajstić information content (AvgIpc) is 3.49. The van der Waals surface area contributed by atoms with E-state index in [0.29, 0.717) is 36.7 Å². The van der Waals surface area contributed by atoms with E-state index in [1.54, 1.807) is 18.2 Å². The van der Waals surface area contributed by atoms with Crippen LogP contribution in [0.3, 0.4) is 0 Å². The first-order chi connectivity index (χ1) is 23.3. The number of amides is 3. The highest BCUT2D eigenvalue weighted by atomic mass is 16.5. The van der Waals surface area contributed by atoms with E-state index in [1.807, 2.05) is 24.4 Å². The van der Waals surface area contributed by atoms with Gasteiger partial charge in [-0.3, -0.25) is 24.6 Å². The van der Waals surface area contributed by atoms with Gasteiger partial charge in [0.15, 0.2) is 5.82 Å². The topological polar surface area (TPSA) is 137 Å². The van der Waals surface area contributed by atoms with Crippen LogP contribution in [0.25, 0.3) is 10.9 Å². The Morgan fingerprint density at radius 2 is 1.71 bits per heavy atom. The largest absolute Gasteiger partial charge is 0.381 e. The van der Waals surface area contributed by atoms with Crippen molar-refractivity contribution in [2.75, 3.05) is 72.9 Å². The van der Waals surface area contributed by atoms with E-state index in [0.717, 1.165) is 81.1 Å². The van der Waals surface area contributed by atoms with Gasteiger partial charge in [0, 0.05) is 96.1 Å². The minimum Gasteiger partial charge on any atom is -0.381 e. The van der Waals surface area contributed by atoms with Crippen molar-refractivity contribution < 1.29 is 14.3 Å². The van der Waals surface area contributed by atoms with Crippen LogP contribution in [-0.2, 0) is 16.1 Å². The third-order valence-electron chi connectivity index (χ3n) is 9.40. The molecule has 0 unspecified atom stereocenters. The highest BCUT2D eigenvalue weighted by molar-refractivity contribution is 6.05. The Labute approximate surface area is 280 Å². The second-order valence-electron chi connectivity index (χ2n) is 12.9. The van der Waals surface area contributed by atoms with Crippen molar-refractivity contribution in [2.45, 2.75) is 51.8 Å². The lowest BCUT2D eigenvalue weighted by Crippen LogP contribution is -2.49. The summed E-state index contributed by atoms with van der Waals surface area (Å²) in [6.45, 7) is 10.8. The molecule has 0 atom stereocenters. The number of nitrogens with zero attached hydrogens (tertiary/aromatic N) is 9. The number of hydrogen-bond acceptors (Lipinski definition) is 11. The van der Waals surface area contributed by atoms with Gasteiger partial charge < -0.3 is 19.9 Å². The molecule has 2 N–H and O–H groups in total. The van der Waals surface area contributed by atoms with Crippen molar-refractivity contribution in [3.63, 3.8) is 0 Å². The molecule has 3 fully saturated rings. The SMILES string of the molecule is COC1CCN(c2nccc(Nc3cc4c(cn3)c(N3CCN(Cc5ccc(N6CCC(=O)NC6=O)cc5)CC3)nn4C(C)C)n2)CC1. The number of anilines is 5. The van der Waals surface area contributed by atoms with Gasteiger partial charge in [-0.15, -0.1) is 0 Å². The normalized spacial score (nSPS) is 18.2. The molecule has 4 aromatic rings. The van der Waals surface area contributed by atoms with Crippen LogP contribution >= 0.6 is 0 Å². The van der Waals surface area contributed by atoms with E-state index in [2.05, 4.69) is 67.0 Å². The molecule has 3 aliphatic rings. The molecule has 0 aliphatic carbocycles. The number of methoxy groups -OCH3 is 1. The van der Waals surface area contributed by atoms with Gasteiger partial charge in [-0.1, -0.05) is 12.1 Å². The van der Waals surface area contributed by atoms with Crippen LogP contribution in [0.1, 0.15) is 44.7 Å². The number of piperazine rings is 1. The van der Waals surface area contributed by atoms with Crippen LogP contribution in [0, 0.1) is 0 Å². The molecule has 14 nitrogen and oxygen atoms in total. The van der Waals surface area contributed by atoms with Gasteiger partial charge in [0.05, 0.1) is 17.0 Å². The van der Waals surface area contributed by atoms with Gasteiger partial charge in [-0.05, 0) is 50.5 Å². The highest BCUT2D eigenvalue weighted by Gasteiger charge is 2.26. The van der Waals surface area contributed by atoms with Crippen LogP contribution < -0.4 is 25.3 Å². The van der Waals surface area contributed by atoms with Crippen LogP contribution in [0.5, 0.6) is 0 Å². The summed E-state index contributed by atoms with van der Waals surface area (Å²) in [5.41, 5.74) is 3.02. The second-order valence-corrected chi connectivity index (χ2v) is 12.9. The third kappa shape index (κ3) is 6.76. The summed E-state index contributed by atoms with van der Waals surface area (Å²) in [4.78, 5) is 46.4. The Morgan fingerprint density at radius 1 is 0.938 bits per heavy atom. The van der Waals surface area contributed by atoms with Crippen LogP contribution in [-0.4, -0.2) is 101 Å². The summed E-state index contributed by atoms with van der Waals surface area (Å²) in [5, 5.41) is 11.9. The molecule has 7 rings (SSSR count). The molecule has 48 heavy (non-hydrogen) atoms. The first-order valence-electron chi connectivity index (χ1n) is 16.8. The number of urea groups is 1. The van der Waals surface area contributed by atoms with Crippen molar-refractivity contribution in [2.24, 2.45) is 0 Å². The Morgan fingerprint density at radius 3 is 2.42 bits per heavy atom. The van der Waals surface area contributed by atoms with E-state index in [4.69, 9.17) is 19.8 Å². The quantitative estimate of drug-likeness (QED) is 0.272. The number of carbonyl (C=O) groups is 2. The molecule has 0 spiro atoms. The third-order valence-corrected chi connectivity index (χ3v) is 9.40. The maximum atomic E-state index is 12.2. The summed E-state index contributed by atoms with van der Waals surface area (Å²) in [5.74, 6) is 2.87. The molecule has 6 heterocycles. The van der Waals surface area contributed by atoms with Gasteiger partial charge in [0.1, 0.15) is 11.6 Å². The first kappa shape index (κ1) is 31.8. The van der Waals surface area contributed by atoms with Crippen LogP contribution in [0.15, 0.2) is 48.8 Å². The van der Waals surface area contributed by atoms with E-state index in [9.17, 15) is 9.59 Å². The first-order valence-corrected chi connectivity index (χ1v) is 16.8. The molecule has 0 saturated carbocycles. The summed E-state index contributed by atoms with van der Waals surface area (Å²) >= 11 is 0. The zero-order valence-electron chi connectivity index (χ0n) is 27.8. The summed E-state index contributed by atoms with van der Waals surface area (Å²) in [7, 11) is 1.77. The second kappa shape index (κ2) is 13.7. The van der Waals surface area contributed by atoms with Gasteiger partial charge in [-0.25, -0.2) is 14.8 Å². The molecular formula is C34H43N11O3.